The summed E-state index contributed by atoms with van der Waals surface area (Å²) in [5, 5.41) is 8.73. The minimum atomic E-state index is -0.928. The van der Waals surface area contributed by atoms with Gasteiger partial charge >= 0.3 is 6.09 Å². The number of aldehydes is 1. The predicted molar refractivity (Wildman–Crippen MR) is 150 cm³/mol. The summed E-state index contributed by atoms with van der Waals surface area (Å²) in [5.41, 5.74) is 1.01. The lowest BCUT2D eigenvalue weighted by molar-refractivity contribution is -0.127. The second-order valence-corrected chi connectivity index (χ2v) is 11.5. The molecule has 39 heavy (non-hydrogen) atoms. The molecule has 0 saturated carbocycles. The summed E-state index contributed by atoms with van der Waals surface area (Å²) >= 11 is 6.26. The van der Waals surface area contributed by atoms with Crippen LogP contribution in [0.4, 0.5) is 4.79 Å². The molecule has 1 fully saturated rings. The van der Waals surface area contributed by atoms with Gasteiger partial charge in [0.25, 0.3) is 0 Å². The summed E-state index contributed by atoms with van der Waals surface area (Å²) in [4.78, 5) is 50.1. The Morgan fingerprint density at radius 1 is 1.13 bits per heavy atom. The number of nitrogens with one attached hydrogen (secondary N) is 3. The molecule has 2 aromatic carbocycles. The fourth-order valence-corrected chi connectivity index (χ4v) is 5.09. The molecule has 3 N–H and O–H groups in total. The summed E-state index contributed by atoms with van der Waals surface area (Å²) < 4.78 is 6.02. The van der Waals surface area contributed by atoms with Gasteiger partial charge in [-0.05, 0) is 48.4 Å². The van der Waals surface area contributed by atoms with E-state index >= 15 is 0 Å². The number of carbonyl (C=O) groups is 4. The predicted octanol–water partition coefficient (Wildman–Crippen LogP) is 4.71. The third-order valence-corrected chi connectivity index (χ3v) is 7.30. The zero-order valence-corrected chi connectivity index (χ0v) is 23.7. The van der Waals surface area contributed by atoms with Gasteiger partial charge in [-0.15, -0.1) is 0 Å². The topological polar surface area (TPSA) is 114 Å². The molecule has 0 aromatic heterocycles. The average Bonchev–Trinajstić information content (AvgIpc) is 3.30. The number of hydrogen-bond acceptors (Lipinski definition) is 5. The fourth-order valence-electron chi connectivity index (χ4n) is 4.89. The van der Waals surface area contributed by atoms with Gasteiger partial charge < -0.3 is 25.5 Å². The molecule has 3 unspecified atom stereocenters. The van der Waals surface area contributed by atoms with Crippen LogP contribution in [0.2, 0.25) is 5.02 Å². The normalized spacial score (nSPS) is 17.6. The van der Waals surface area contributed by atoms with E-state index in [1.165, 1.54) is 0 Å². The number of amides is 3. The molecule has 0 bridgehead atoms. The van der Waals surface area contributed by atoms with Crippen LogP contribution < -0.4 is 16.0 Å². The van der Waals surface area contributed by atoms with Crippen molar-refractivity contribution in [3.63, 3.8) is 0 Å². The quantitative estimate of drug-likeness (QED) is 0.328. The second-order valence-electron chi connectivity index (χ2n) is 11.0. The zero-order valence-electron chi connectivity index (χ0n) is 22.9. The van der Waals surface area contributed by atoms with Crippen LogP contribution in [-0.2, 0) is 24.5 Å². The van der Waals surface area contributed by atoms with E-state index in [9.17, 15) is 19.2 Å². The smallest absolute Gasteiger partial charge is 0.408 e. The SMILES string of the molecule is CC(C)CC(NC(=O)OC(c1ccccc1)C(C)(C)c1cccc(Cl)c1)C(=O)NC(C=O)C[C@@H]1CCNC1=O. The third-order valence-electron chi connectivity index (χ3n) is 7.06. The van der Waals surface area contributed by atoms with Crippen molar-refractivity contribution in [3.05, 3.63) is 70.7 Å². The Morgan fingerprint density at radius 3 is 2.44 bits per heavy atom. The molecule has 1 saturated heterocycles. The lowest BCUT2D eigenvalue weighted by Gasteiger charge is -2.35. The summed E-state index contributed by atoms with van der Waals surface area (Å²) in [6.45, 7) is 8.36. The van der Waals surface area contributed by atoms with Crippen molar-refractivity contribution in [2.75, 3.05) is 6.54 Å². The highest BCUT2D eigenvalue weighted by atomic mass is 35.5. The highest BCUT2D eigenvalue weighted by Gasteiger charge is 2.37. The van der Waals surface area contributed by atoms with Gasteiger partial charge in [-0.1, -0.05) is 81.8 Å². The Bertz CT molecular complexity index is 1150. The van der Waals surface area contributed by atoms with Gasteiger partial charge in [0.1, 0.15) is 18.4 Å². The number of hydrogen-bond donors (Lipinski definition) is 3. The van der Waals surface area contributed by atoms with Gasteiger partial charge in [0.05, 0.1) is 6.04 Å². The highest BCUT2D eigenvalue weighted by molar-refractivity contribution is 6.30. The van der Waals surface area contributed by atoms with Crippen molar-refractivity contribution >= 4 is 35.8 Å². The van der Waals surface area contributed by atoms with E-state index in [2.05, 4.69) is 16.0 Å². The average molecular weight is 556 g/mol. The standard InChI is InChI=1S/C30H38ClN3O5/c1-19(2)15-25(28(37)33-24(18-35)16-21-13-14-32-27(21)36)34-29(38)39-26(20-9-6-5-7-10-20)30(3,4)22-11-8-12-23(31)17-22/h5-12,17-19,21,24-26H,13-16H2,1-4H3,(H,32,36)(H,33,37)(H,34,38)/t21-,24?,25?,26?/m0/s1. The van der Waals surface area contributed by atoms with E-state index in [-0.39, 0.29) is 24.2 Å². The molecule has 1 heterocycles. The molecule has 210 valence electrons. The molecule has 8 nitrogen and oxygen atoms in total. The monoisotopic (exact) mass is 555 g/mol. The first-order valence-corrected chi connectivity index (χ1v) is 13.7. The fraction of sp³-hybridized carbons (Fsp3) is 0.467. The first-order valence-electron chi connectivity index (χ1n) is 13.3. The van der Waals surface area contributed by atoms with Gasteiger partial charge in [-0.2, -0.15) is 0 Å². The van der Waals surface area contributed by atoms with Crippen molar-refractivity contribution in [1.29, 1.82) is 0 Å². The molecule has 0 aliphatic carbocycles. The largest absolute Gasteiger partial charge is 0.440 e. The summed E-state index contributed by atoms with van der Waals surface area (Å²) in [5.74, 6) is -0.876. The molecular weight excluding hydrogens is 518 g/mol. The number of ether oxygens (including phenoxy) is 1. The van der Waals surface area contributed by atoms with Gasteiger partial charge in [-0.25, -0.2) is 4.79 Å². The molecule has 3 rings (SSSR count). The van der Waals surface area contributed by atoms with Crippen LogP contribution in [-0.4, -0.2) is 42.8 Å². The van der Waals surface area contributed by atoms with Crippen LogP contribution in [0.3, 0.4) is 0 Å². The van der Waals surface area contributed by atoms with Crippen LogP contribution in [0.1, 0.15) is 64.2 Å². The van der Waals surface area contributed by atoms with Crippen molar-refractivity contribution in [2.24, 2.45) is 11.8 Å². The van der Waals surface area contributed by atoms with Gasteiger partial charge in [0, 0.05) is 22.9 Å². The number of halogens is 1. The molecule has 2 aromatic rings. The Kier molecular flexibility index (Phi) is 10.5. The Labute approximate surface area is 235 Å². The van der Waals surface area contributed by atoms with Crippen LogP contribution in [0.5, 0.6) is 0 Å². The Morgan fingerprint density at radius 2 is 1.85 bits per heavy atom. The van der Waals surface area contributed by atoms with Crippen molar-refractivity contribution < 1.29 is 23.9 Å². The Balaban J connectivity index is 1.77. The molecule has 4 atom stereocenters. The van der Waals surface area contributed by atoms with Crippen molar-refractivity contribution in [3.8, 4) is 0 Å². The van der Waals surface area contributed by atoms with Crippen molar-refractivity contribution in [2.45, 2.75) is 70.6 Å². The van der Waals surface area contributed by atoms with Crippen LogP contribution in [0.15, 0.2) is 54.6 Å². The third kappa shape index (κ3) is 8.30. The summed E-state index contributed by atoms with van der Waals surface area (Å²) in [6, 6.07) is 15.0. The van der Waals surface area contributed by atoms with E-state index < -0.39 is 35.6 Å². The first-order chi connectivity index (χ1) is 18.5. The van der Waals surface area contributed by atoms with E-state index in [1.807, 2.05) is 76.2 Å². The minimum absolute atomic E-state index is 0.0733. The van der Waals surface area contributed by atoms with Crippen LogP contribution >= 0.6 is 11.6 Å². The number of alkyl carbamates (subject to hydrolysis) is 1. The van der Waals surface area contributed by atoms with Gasteiger partial charge in [0.15, 0.2) is 0 Å². The van der Waals surface area contributed by atoms with Crippen LogP contribution in [0, 0.1) is 11.8 Å². The Hall–Kier alpha value is -3.39. The van der Waals surface area contributed by atoms with Gasteiger partial charge in [-0.3, -0.25) is 9.59 Å². The summed E-state index contributed by atoms with van der Waals surface area (Å²) in [6.07, 6.45) is 0.352. The number of benzene rings is 2. The molecular formula is C30H38ClN3O5. The molecule has 0 spiro atoms. The lowest BCUT2D eigenvalue weighted by atomic mass is 9.76. The first kappa shape index (κ1) is 30.2. The number of rotatable bonds is 12. The lowest BCUT2D eigenvalue weighted by Crippen LogP contribution is -2.51. The maximum atomic E-state index is 13.3. The van der Waals surface area contributed by atoms with E-state index in [4.69, 9.17) is 16.3 Å². The molecule has 3 amide bonds. The molecule has 9 heteroatoms. The van der Waals surface area contributed by atoms with Gasteiger partial charge in [0.2, 0.25) is 11.8 Å². The zero-order chi connectivity index (χ0) is 28.6. The minimum Gasteiger partial charge on any atom is -0.440 e. The summed E-state index contributed by atoms with van der Waals surface area (Å²) in [7, 11) is 0. The molecule has 0 radical (unpaired) electrons. The maximum absolute atomic E-state index is 13.3. The number of carbonyl (C=O) groups excluding carboxylic acids is 4. The van der Waals surface area contributed by atoms with E-state index in [0.29, 0.717) is 30.7 Å². The van der Waals surface area contributed by atoms with E-state index in [1.54, 1.807) is 6.07 Å². The van der Waals surface area contributed by atoms with Crippen molar-refractivity contribution in [1.82, 2.24) is 16.0 Å². The molecule has 1 aliphatic heterocycles. The molecule has 1 aliphatic rings. The highest BCUT2D eigenvalue weighted by Crippen LogP contribution is 2.40. The maximum Gasteiger partial charge on any atom is 0.408 e. The van der Waals surface area contributed by atoms with E-state index in [0.717, 1.165) is 11.1 Å². The van der Waals surface area contributed by atoms with Crippen LogP contribution in [0.25, 0.3) is 0 Å². The second kappa shape index (κ2) is 13.6.